The summed E-state index contributed by atoms with van der Waals surface area (Å²) in [6.07, 6.45) is -0.602. The third-order valence-electron chi connectivity index (χ3n) is 4.70. The first kappa shape index (κ1) is 21.2. The third-order valence-corrected chi connectivity index (χ3v) is 6.45. The van der Waals surface area contributed by atoms with E-state index in [9.17, 15) is 18.0 Å². The number of aryl methyl sites for hydroxylation is 3. The lowest BCUT2D eigenvalue weighted by atomic mass is 10.1. The lowest BCUT2D eigenvalue weighted by molar-refractivity contribution is -0.160. The molecule has 2 atom stereocenters. The molecule has 0 radical (unpaired) electrons. The van der Waals surface area contributed by atoms with E-state index in [0.29, 0.717) is 12.2 Å². The Morgan fingerprint density at radius 3 is 2.33 bits per heavy atom. The van der Waals surface area contributed by atoms with Crippen LogP contribution in [0, 0.1) is 20.8 Å². The molecule has 0 spiro atoms. The van der Waals surface area contributed by atoms with Gasteiger partial charge in [0.1, 0.15) is 5.75 Å². The van der Waals surface area contributed by atoms with Crippen LogP contribution in [0.5, 0.6) is 5.75 Å². The summed E-state index contributed by atoms with van der Waals surface area (Å²) < 4.78 is 33.9. The molecule has 8 heteroatoms. The first-order valence-electron chi connectivity index (χ1n) is 8.87. The molecule has 0 aliphatic carbocycles. The Balaban J connectivity index is 1.89. The number of sulfone groups is 1. The quantitative estimate of drug-likeness (QED) is 0.677. The molecule has 1 aromatic carbocycles. The number of esters is 1. The zero-order chi connectivity index (χ0) is 20.4. The van der Waals surface area contributed by atoms with Crippen LogP contribution in [0.25, 0.3) is 0 Å². The molecule has 27 heavy (non-hydrogen) atoms. The first-order chi connectivity index (χ1) is 12.5. The molecule has 1 heterocycles. The van der Waals surface area contributed by atoms with Crippen molar-refractivity contribution in [3.63, 3.8) is 0 Å². The standard InChI is InChI=1S/C19H27NO6S/c1-12-8-13(2)18(14(3)9-12)25-10-17(21)26-15(4)19(22)20(5)16-6-7-27(23,24)11-16/h8-9,15-16H,6-7,10-11H2,1-5H3/t15-,16-/m0/s1. The van der Waals surface area contributed by atoms with E-state index < -0.39 is 27.8 Å². The maximum absolute atomic E-state index is 12.4. The predicted molar refractivity (Wildman–Crippen MR) is 102 cm³/mol. The van der Waals surface area contributed by atoms with Crippen LogP contribution in [0.15, 0.2) is 12.1 Å². The minimum absolute atomic E-state index is 0.0506. The monoisotopic (exact) mass is 397 g/mol. The van der Waals surface area contributed by atoms with Crippen LogP contribution in [0.3, 0.4) is 0 Å². The molecule has 0 bridgehead atoms. The van der Waals surface area contributed by atoms with Crippen LogP contribution in [0.2, 0.25) is 0 Å². The molecule has 0 aromatic heterocycles. The normalized spacial score (nSPS) is 19.4. The number of rotatable bonds is 6. The minimum atomic E-state index is -3.09. The van der Waals surface area contributed by atoms with Gasteiger partial charge in [0.05, 0.1) is 11.5 Å². The Bertz CT molecular complexity index is 810. The van der Waals surface area contributed by atoms with Gasteiger partial charge in [-0.3, -0.25) is 4.79 Å². The van der Waals surface area contributed by atoms with Gasteiger partial charge < -0.3 is 14.4 Å². The van der Waals surface area contributed by atoms with E-state index in [4.69, 9.17) is 9.47 Å². The van der Waals surface area contributed by atoms with Gasteiger partial charge in [-0.1, -0.05) is 17.7 Å². The summed E-state index contributed by atoms with van der Waals surface area (Å²) in [5.41, 5.74) is 2.95. The highest BCUT2D eigenvalue weighted by Crippen LogP contribution is 2.24. The third kappa shape index (κ3) is 5.45. The van der Waals surface area contributed by atoms with Crippen LogP contribution in [0.4, 0.5) is 0 Å². The maximum atomic E-state index is 12.4. The van der Waals surface area contributed by atoms with Crippen molar-refractivity contribution in [2.24, 2.45) is 0 Å². The van der Waals surface area contributed by atoms with E-state index in [1.165, 1.54) is 18.9 Å². The number of carbonyl (C=O) groups excluding carboxylic acids is 2. The van der Waals surface area contributed by atoms with Crippen molar-refractivity contribution >= 4 is 21.7 Å². The molecule has 1 aromatic rings. The van der Waals surface area contributed by atoms with Crippen molar-refractivity contribution in [3.05, 3.63) is 28.8 Å². The topological polar surface area (TPSA) is 90.0 Å². The Morgan fingerprint density at radius 2 is 1.81 bits per heavy atom. The van der Waals surface area contributed by atoms with Crippen LogP contribution < -0.4 is 4.74 Å². The molecule has 0 N–H and O–H groups in total. The number of hydrogen-bond acceptors (Lipinski definition) is 6. The van der Waals surface area contributed by atoms with Crippen LogP contribution in [0.1, 0.15) is 30.0 Å². The molecule has 0 unspecified atom stereocenters. The van der Waals surface area contributed by atoms with E-state index in [1.807, 2.05) is 32.9 Å². The Hall–Kier alpha value is -2.09. The number of hydrogen-bond donors (Lipinski definition) is 0. The summed E-state index contributed by atoms with van der Waals surface area (Å²) in [4.78, 5) is 25.8. The van der Waals surface area contributed by atoms with Gasteiger partial charge in [0.15, 0.2) is 22.5 Å². The fourth-order valence-electron chi connectivity index (χ4n) is 3.35. The Labute approximate surface area is 160 Å². The van der Waals surface area contributed by atoms with Crippen molar-refractivity contribution < 1.29 is 27.5 Å². The van der Waals surface area contributed by atoms with Gasteiger partial charge in [0, 0.05) is 13.1 Å². The van der Waals surface area contributed by atoms with Crippen LogP contribution >= 0.6 is 0 Å². The first-order valence-corrected chi connectivity index (χ1v) is 10.7. The zero-order valence-electron chi connectivity index (χ0n) is 16.4. The van der Waals surface area contributed by atoms with Crippen molar-refractivity contribution in [2.75, 3.05) is 25.2 Å². The van der Waals surface area contributed by atoms with Crippen molar-refractivity contribution in [1.29, 1.82) is 0 Å². The second-order valence-corrected chi connectivity index (χ2v) is 9.38. The van der Waals surface area contributed by atoms with Gasteiger partial charge in [-0.15, -0.1) is 0 Å². The number of carbonyl (C=O) groups is 2. The molecule has 150 valence electrons. The fourth-order valence-corrected chi connectivity index (χ4v) is 5.13. The molecular weight excluding hydrogens is 370 g/mol. The molecule has 1 fully saturated rings. The Morgan fingerprint density at radius 1 is 1.22 bits per heavy atom. The van der Waals surface area contributed by atoms with Crippen LogP contribution in [-0.4, -0.2) is 62.5 Å². The van der Waals surface area contributed by atoms with Gasteiger partial charge in [-0.05, 0) is 45.2 Å². The zero-order valence-corrected chi connectivity index (χ0v) is 17.3. The number of nitrogens with zero attached hydrogens (tertiary/aromatic N) is 1. The summed E-state index contributed by atoms with van der Waals surface area (Å²) >= 11 is 0. The molecule has 1 aliphatic heterocycles. The second kappa shape index (κ2) is 8.29. The van der Waals surface area contributed by atoms with E-state index in [2.05, 4.69) is 0 Å². The van der Waals surface area contributed by atoms with Crippen molar-refractivity contribution in [1.82, 2.24) is 4.90 Å². The highest BCUT2D eigenvalue weighted by molar-refractivity contribution is 7.91. The molecule has 1 amide bonds. The highest BCUT2D eigenvalue weighted by atomic mass is 32.2. The molecule has 2 rings (SSSR count). The molecule has 1 aliphatic rings. The van der Waals surface area contributed by atoms with E-state index in [-0.39, 0.29) is 24.2 Å². The predicted octanol–water partition coefficient (Wildman–Crippen LogP) is 1.57. The van der Waals surface area contributed by atoms with Gasteiger partial charge >= 0.3 is 5.97 Å². The van der Waals surface area contributed by atoms with Crippen molar-refractivity contribution in [3.8, 4) is 5.75 Å². The van der Waals surface area contributed by atoms with E-state index in [0.717, 1.165) is 16.7 Å². The average molecular weight is 397 g/mol. The van der Waals surface area contributed by atoms with Crippen molar-refractivity contribution in [2.45, 2.75) is 46.3 Å². The molecular formula is C19H27NO6S. The minimum Gasteiger partial charge on any atom is -0.481 e. The Kier molecular flexibility index (Phi) is 6.51. The number of likely N-dealkylation sites (N-methyl/N-ethyl adjacent to an activating group) is 1. The highest BCUT2D eigenvalue weighted by Gasteiger charge is 2.34. The summed E-state index contributed by atoms with van der Waals surface area (Å²) in [7, 11) is -1.56. The van der Waals surface area contributed by atoms with Gasteiger partial charge in [-0.2, -0.15) is 0 Å². The van der Waals surface area contributed by atoms with Gasteiger partial charge in [0.25, 0.3) is 5.91 Å². The second-order valence-electron chi connectivity index (χ2n) is 7.15. The number of benzene rings is 1. The number of ether oxygens (including phenoxy) is 2. The van der Waals surface area contributed by atoms with Gasteiger partial charge in [-0.25, -0.2) is 13.2 Å². The maximum Gasteiger partial charge on any atom is 0.344 e. The lowest BCUT2D eigenvalue weighted by Crippen LogP contribution is -2.44. The fraction of sp³-hybridized carbons (Fsp3) is 0.579. The summed E-state index contributed by atoms with van der Waals surface area (Å²) in [5.74, 6) is -0.419. The molecule has 1 saturated heterocycles. The SMILES string of the molecule is Cc1cc(C)c(OCC(=O)O[C@@H](C)C(=O)N(C)[C@H]2CCS(=O)(=O)C2)c(C)c1. The largest absolute Gasteiger partial charge is 0.481 e. The lowest BCUT2D eigenvalue weighted by Gasteiger charge is -2.26. The summed E-state index contributed by atoms with van der Waals surface area (Å²) in [6, 6.07) is 3.55. The molecule has 7 nitrogen and oxygen atoms in total. The molecule has 0 saturated carbocycles. The average Bonchev–Trinajstić information content (AvgIpc) is 2.92. The smallest absolute Gasteiger partial charge is 0.344 e. The van der Waals surface area contributed by atoms with E-state index in [1.54, 1.807) is 0 Å². The van der Waals surface area contributed by atoms with Crippen LogP contribution in [-0.2, 0) is 24.2 Å². The number of amides is 1. The van der Waals surface area contributed by atoms with Gasteiger partial charge in [0.2, 0.25) is 0 Å². The van der Waals surface area contributed by atoms with E-state index >= 15 is 0 Å². The summed E-state index contributed by atoms with van der Waals surface area (Å²) in [6.45, 7) is 6.96. The summed E-state index contributed by atoms with van der Waals surface area (Å²) in [5, 5.41) is 0.